The minimum atomic E-state index is -0.156. The van der Waals surface area contributed by atoms with Gasteiger partial charge in [0.2, 0.25) is 11.8 Å². The Balaban J connectivity index is 1.96. The molecule has 0 aliphatic carbocycles. The highest BCUT2D eigenvalue weighted by Gasteiger charge is 2.16. The second kappa shape index (κ2) is 7.79. The van der Waals surface area contributed by atoms with E-state index in [0.29, 0.717) is 29.5 Å². The zero-order chi connectivity index (χ0) is 15.9. The van der Waals surface area contributed by atoms with Gasteiger partial charge in [0.15, 0.2) is 0 Å². The summed E-state index contributed by atoms with van der Waals surface area (Å²) in [5.74, 6) is 0.963. The van der Waals surface area contributed by atoms with Crippen LogP contribution in [-0.4, -0.2) is 32.0 Å². The third-order valence-corrected chi connectivity index (χ3v) is 3.74. The molecule has 2 amide bonds. The summed E-state index contributed by atoms with van der Waals surface area (Å²) in [6.45, 7) is 3.48. The van der Waals surface area contributed by atoms with Gasteiger partial charge in [-0.05, 0) is 50.0 Å². The van der Waals surface area contributed by atoms with Gasteiger partial charge in [0.25, 0.3) is 0 Å². The van der Waals surface area contributed by atoms with E-state index in [1.807, 2.05) is 0 Å². The number of anilines is 2. The highest BCUT2D eigenvalue weighted by atomic mass is 16.5. The van der Waals surface area contributed by atoms with Crippen LogP contribution in [0, 0.1) is 5.92 Å². The number of rotatable bonds is 6. The number of nitrogens with one attached hydrogen (secondary N) is 3. The number of hydrogen-bond donors (Lipinski definition) is 3. The van der Waals surface area contributed by atoms with E-state index >= 15 is 0 Å². The molecular weight excluding hydrogens is 282 g/mol. The van der Waals surface area contributed by atoms with Crippen LogP contribution in [0.5, 0.6) is 5.75 Å². The largest absolute Gasteiger partial charge is 0.495 e. The van der Waals surface area contributed by atoms with Crippen LogP contribution in [0.15, 0.2) is 18.2 Å². The summed E-state index contributed by atoms with van der Waals surface area (Å²) in [5, 5.41) is 8.85. The molecule has 22 heavy (non-hydrogen) atoms. The fraction of sp³-hybridized carbons (Fsp3) is 0.500. The molecule has 1 saturated heterocycles. The minimum absolute atomic E-state index is 0.0369. The molecule has 1 unspecified atom stereocenters. The predicted molar refractivity (Wildman–Crippen MR) is 86.1 cm³/mol. The molecule has 3 N–H and O–H groups in total. The van der Waals surface area contributed by atoms with Crippen molar-refractivity contribution in [3.63, 3.8) is 0 Å². The normalized spacial score (nSPS) is 17.1. The van der Waals surface area contributed by atoms with Crippen molar-refractivity contribution in [3.05, 3.63) is 18.2 Å². The lowest BCUT2D eigenvalue weighted by Gasteiger charge is -2.13. The first kappa shape index (κ1) is 16.3. The van der Waals surface area contributed by atoms with Crippen LogP contribution in [-0.2, 0) is 9.59 Å². The molecule has 120 valence electrons. The van der Waals surface area contributed by atoms with Gasteiger partial charge in [0.05, 0.1) is 12.8 Å². The molecule has 2 rings (SSSR count). The van der Waals surface area contributed by atoms with Crippen LogP contribution in [0.3, 0.4) is 0 Å². The van der Waals surface area contributed by atoms with E-state index in [2.05, 4.69) is 16.0 Å². The Morgan fingerprint density at radius 1 is 1.36 bits per heavy atom. The van der Waals surface area contributed by atoms with Crippen molar-refractivity contribution in [2.45, 2.75) is 26.2 Å². The maximum absolute atomic E-state index is 12.1. The average Bonchev–Trinajstić information content (AvgIpc) is 2.98. The highest BCUT2D eigenvalue weighted by Crippen LogP contribution is 2.28. The van der Waals surface area contributed by atoms with Crippen molar-refractivity contribution < 1.29 is 14.3 Å². The van der Waals surface area contributed by atoms with E-state index in [1.54, 1.807) is 25.3 Å². The summed E-state index contributed by atoms with van der Waals surface area (Å²) in [7, 11) is 1.55. The van der Waals surface area contributed by atoms with Crippen LogP contribution >= 0.6 is 0 Å². The molecule has 1 aliphatic heterocycles. The molecular formula is C16H23N3O3. The number of methoxy groups -OCH3 is 1. The lowest BCUT2D eigenvalue weighted by atomic mass is 10.0. The number of hydrogen-bond acceptors (Lipinski definition) is 4. The van der Waals surface area contributed by atoms with Gasteiger partial charge in [0.1, 0.15) is 5.75 Å². The lowest BCUT2D eigenvalue weighted by molar-refractivity contribution is -0.116. The van der Waals surface area contributed by atoms with Gasteiger partial charge in [-0.3, -0.25) is 9.59 Å². The number of carbonyl (C=O) groups is 2. The summed E-state index contributed by atoms with van der Waals surface area (Å²) in [6.07, 6.45) is 2.50. The minimum Gasteiger partial charge on any atom is -0.495 e. The van der Waals surface area contributed by atoms with Gasteiger partial charge in [-0.2, -0.15) is 0 Å². The predicted octanol–water partition coefficient (Wildman–Crippen LogP) is 1.98. The van der Waals surface area contributed by atoms with Crippen LogP contribution in [0.4, 0.5) is 11.4 Å². The summed E-state index contributed by atoms with van der Waals surface area (Å²) in [5.41, 5.74) is 1.20. The van der Waals surface area contributed by atoms with Crippen molar-refractivity contribution >= 4 is 23.2 Å². The fourth-order valence-electron chi connectivity index (χ4n) is 2.60. The molecule has 6 heteroatoms. The van der Waals surface area contributed by atoms with E-state index in [9.17, 15) is 9.59 Å². The Labute approximate surface area is 130 Å². The van der Waals surface area contributed by atoms with Gasteiger partial charge in [0, 0.05) is 19.0 Å². The summed E-state index contributed by atoms with van der Waals surface area (Å²) >= 11 is 0. The highest BCUT2D eigenvalue weighted by molar-refractivity contribution is 5.94. The molecule has 1 aromatic carbocycles. The first-order valence-corrected chi connectivity index (χ1v) is 7.54. The van der Waals surface area contributed by atoms with Crippen molar-refractivity contribution in [3.8, 4) is 5.75 Å². The number of ether oxygens (including phenoxy) is 1. The second-order valence-corrected chi connectivity index (χ2v) is 5.54. The standard InChI is InChI=1S/C16H23N3O3/c1-11(20)18-13-4-5-15(22-2)14(9-13)19-16(21)6-3-12-7-8-17-10-12/h4-5,9,12,17H,3,6-8,10H2,1-2H3,(H,18,20)(H,19,21). The molecule has 1 aliphatic rings. The monoisotopic (exact) mass is 305 g/mol. The molecule has 1 fully saturated rings. The number of amides is 2. The maximum atomic E-state index is 12.1. The van der Waals surface area contributed by atoms with E-state index < -0.39 is 0 Å². The molecule has 1 atom stereocenters. The Bertz CT molecular complexity index is 539. The Kier molecular flexibility index (Phi) is 5.77. The summed E-state index contributed by atoms with van der Waals surface area (Å²) < 4.78 is 5.25. The summed E-state index contributed by atoms with van der Waals surface area (Å²) in [6, 6.07) is 5.16. The van der Waals surface area contributed by atoms with Gasteiger partial charge < -0.3 is 20.7 Å². The Hall–Kier alpha value is -2.08. The fourth-order valence-corrected chi connectivity index (χ4v) is 2.60. The van der Waals surface area contributed by atoms with Gasteiger partial charge in [-0.15, -0.1) is 0 Å². The second-order valence-electron chi connectivity index (χ2n) is 5.54. The van der Waals surface area contributed by atoms with E-state index in [0.717, 1.165) is 25.9 Å². The smallest absolute Gasteiger partial charge is 0.224 e. The molecule has 0 radical (unpaired) electrons. The van der Waals surface area contributed by atoms with E-state index in [-0.39, 0.29) is 11.8 Å². The zero-order valence-electron chi connectivity index (χ0n) is 13.1. The molecule has 1 aromatic rings. The van der Waals surface area contributed by atoms with Gasteiger partial charge >= 0.3 is 0 Å². The molecule has 6 nitrogen and oxygen atoms in total. The third kappa shape index (κ3) is 4.73. The van der Waals surface area contributed by atoms with Gasteiger partial charge in [-0.25, -0.2) is 0 Å². The molecule has 0 spiro atoms. The van der Waals surface area contributed by atoms with Crippen LogP contribution in [0.25, 0.3) is 0 Å². The summed E-state index contributed by atoms with van der Waals surface area (Å²) in [4.78, 5) is 23.2. The molecule has 1 heterocycles. The quantitative estimate of drug-likeness (QED) is 0.751. The van der Waals surface area contributed by atoms with E-state index in [1.165, 1.54) is 6.92 Å². The Morgan fingerprint density at radius 3 is 2.82 bits per heavy atom. The number of benzene rings is 1. The molecule has 0 bridgehead atoms. The van der Waals surface area contributed by atoms with Crippen LogP contribution in [0.1, 0.15) is 26.2 Å². The van der Waals surface area contributed by atoms with Crippen molar-refractivity contribution in [1.82, 2.24) is 5.32 Å². The van der Waals surface area contributed by atoms with Crippen LogP contribution < -0.4 is 20.7 Å². The Morgan fingerprint density at radius 2 is 2.18 bits per heavy atom. The van der Waals surface area contributed by atoms with Crippen molar-refractivity contribution in [2.75, 3.05) is 30.8 Å². The molecule has 0 aromatic heterocycles. The first-order chi connectivity index (χ1) is 10.6. The van der Waals surface area contributed by atoms with E-state index in [4.69, 9.17) is 4.74 Å². The maximum Gasteiger partial charge on any atom is 0.224 e. The molecule has 0 saturated carbocycles. The SMILES string of the molecule is COc1ccc(NC(C)=O)cc1NC(=O)CCC1CCNC1. The zero-order valence-corrected chi connectivity index (χ0v) is 13.1. The lowest BCUT2D eigenvalue weighted by Crippen LogP contribution is -2.15. The number of carbonyl (C=O) groups excluding carboxylic acids is 2. The topological polar surface area (TPSA) is 79.5 Å². The third-order valence-electron chi connectivity index (χ3n) is 3.74. The van der Waals surface area contributed by atoms with Crippen molar-refractivity contribution in [2.24, 2.45) is 5.92 Å². The van der Waals surface area contributed by atoms with Crippen LogP contribution in [0.2, 0.25) is 0 Å². The first-order valence-electron chi connectivity index (χ1n) is 7.54. The van der Waals surface area contributed by atoms with Crippen molar-refractivity contribution in [1.29, 1.82) is 0 Å². The van der Waals surface area contributed by atoms with Gasteiger partial charge in [-0.1, -0.05) is 0 Å². The average molecular weight is 305 g/mol.